The highest BCUT2D eigenvalue weighted by atomic mass is 16.5. The normalized spacial score (nSPS) is 28.1. The fourth-order valence-corrected chi connectivity index (χ4v) is 6.13. The number of ether oxygens (including phenoxy) is 1. The zero-order valence-electron chi connectivity index (χ0n) is 19.6. The molecule has 1 aromatic rings. The van der Waals surface area contributed by atoms with Crippen molar-refractivity contribution in [2.75, 3.05) is 57.7 Å². The Labute approximate surface area is 197 Å². The van der Waals surface area contributed by atoms with Crippen molar-refractivity contribution in [2.24, 2.45) is 5.92 Å². The summed E-state index contributed by atoms with van der Waals surface area (Å²) in [7, 11) is 0. The molecule has 8 nitrogen and oxygen atoms in total. The van der Waals surface area contributed by atoms with E-state index in [4.69, 9.17) is 4.74 Å². The molecule has 5 aliphatic rings. The highest BCUT2D eigenvalue weighted by molar-refractivity contribution is 5.96. The molecule has 6 rings (SSSR count). The van der Waals surface area contributed by atoms with Gasteiger partial charge < -0.3 is 15.0 Å². The van der Waals surface area contributed by atoms with Crippen LogP contribution in [0.1, 0.15) is 48.9 Å². The van der Waals surface area contributed by atoms with Crippen LogP contribution in [0.15, 0.2) is 18.2 Å². The maximum absolute atomic E-state index is 13.1. The Hall–Kier alpha value is -1.87. The summed E-state index contributed by atoms with van der Waals surface area (Å²) in [4.78, 5) is 20.2. The third-order valence-corrected chi connectivity index (χ3v) is 8.27. The van der Waals surface area contributed by atoms with Crippen molar-refractivity contribution in [2.45, 2.75) is 57.1 Å². The number of amides is 1. The van der Waals surface area contributed by atoms with E-state index in [-0.39, 0.29) is 12.1 Å². The summed E-state index contributed by atoms with van der Waals surface area (Å²) < 4.78 is 6.24. The van der Waals surface area contributed by atoms with Crippen LogP contribution in [0.4, 0.5) is 5.69 Å². The number of nitrogens with one attached hydrogen (secondary N) is 3. The number of piperazine rings is 1. The summed E-state index contributed by atoms with van der Waals surface area (Å²) in [6, 6.07) is 6.42. The second kappa shape index (κ2) is 9.41. The van der Waals surface area contributed by atoms with Gasteiger partial charge in [-0.25, -0.2) is 0 Å². The number of anilines is 1. The number of carbonyl (C=O) groups excluding carboxylic acids is 1. The minimum Gasteiger partial charge on any atom is -0.468 e. The smallest absolute Gasteiger partial charge is 0.254 e. The molecule has 0 spiro atoms. The van der Waals surface area contributed by atoms with Gasteiger partial charge >= 0.3 is 0 Å². The number of hydrogen-bond donors (Lipinski definition) is 3. The van der Waals surface area contributed by atoms with Crippen molar-refractivity contribution in [3.05, 3.63) is 23.8 Å². The first-order valence-electron chi connectivity index (χ1n) is 13.1. The third kappa shape index (κ3) is 4.46. The van der Waals surface area contributed by atoms with Gasteiger partial charge in [0.05, 0.1) is 5.69 Å². The van der Waals surface area contributed by atoms with Crippen LogP contribution in [-0.4, -0.2) is 91.5 Å². The Kier molecular flexibility index (Phi) is 6.17. The lowest BCUT2D eigenvalue weighted by Gasteiger charge is -2.49. The van der Waals surface area contributed by atoms with Gasteiger partial charge in [0, 0.05) is 56.8 Å². The van der Waals surface area contributed by atoms with E-state index in [9.17, 15) is 4.79 Å². The summed E-state index contributed by atoms with van der Waals surface area (Å²) in [5.41, 5.74) is 1.78. The maximum atomic E-state index is 13.1. The zero-order valence-corrected chi connectivity index (χ0v) is 19.6. The number of rotatable bonds is 4. The van der Waals surface area contributed by atoms with Crippen molar-refractivity contribution in [1.82, 2.24) is 25.3 Å². The van der Waals surface area contributed by atoms with E-state index in [1.165, 1.54) is 38.5 Å². The molecular weight excluding hydrogens is 416 g/mol. The quantitative estimate of drug-likeness (QED) is 0.640. The van der Waals surface area contributed by atoms with E-state index in [1.54, 1.807) is 0 Å². The molecule has 4 aliphatic heterocycles. The molecule has 8 heteroatoms. The summed E-state index contributed by atoms with van der Waals surface area (Å²) in [6.45, 7) is 8.17. The van der Waals surface area contributed by atoms with Crippen LogP contribution < -0.4 is 20.7 Å². The van der Waals surface area contributed by atoms with E-state index in [2.05, 4.69) is 25.8 Å². The fourth-order valence-electron chi connectivity index (χ4n) is 6.13. The molecule has 1 saturated carbocycles. The highest BCUT2D eigenvalue weighted by Gasteiger charge is 2.38. The van der Waals surface area contributed by atoms with Gasteiger partial charge in [-0.2, -0.15) is 0 Å². The van der Waals surface area contributed by atoms with Crippen molar-refractivity contribution in [3.63, 3.8) is 0 Å². The number of carbonyl (C=O) groups is 1. The number of fused-ring (bicyclic) bond motifs is 1. The average molecular weight is 455 g/mol. The van der Waals surface area contributed by atoms with Crippen molar-refractivity contribution in [3.8, 4) is 5.75 Å². The van der Waals surface area contributed by atoms with Crippen LogP contribution in [0.5, 0.6) is 5.75 Å². The topological polar surface area (TPSA) is 72.1 Å². The van der Waals surface area contributed by atoms with Crippen LogP contribution >= 0.6 is 0 Å². The van der Waals surface area contributed by atoms with Gasteiger partial charge in [0.1, 0.15) is 12.0 Å². The average Bonchev–Trinajstić information content (AvgIpc) is 3.28. The minimum absolute atomic E-state index is 0.0664. The fraction of sp³-hybridized carbons (Fsp3) is 0.720. The SMILES string of the molecule is O=C(c1ccc2c(c1)OC(C1CCCCC1)N2)N1CC(N2CCN(C3NCCCN3)CC2)C1. The summed E-state index contributed by atoms with van der Waals surface area (Å²) in [6.07, 6.45) is 8.00. The van der Waals surface area contributed by atoms with E-state index in [1.807, 2.05) is 23.1 Å². The van der Waals surface area contributed by atoms with Crippen LogP contribution in [0.3, 0.4) is 0 Å². The van der Waals surface area contributed by atoms with Crippen LogP contribution in [0.2, 0.25) is 0 Å². The van der Waals surface area contributed by atoms with Gasteiger partial charge in [-0.15, -0.1) is 0 Å². The minimum atomic E-state index is 0.0664. The first kappa shape index (κ1) is 21.6. The number of benzene rings is 1. The molecule has 0 radical (unpaired) electrons. The van der Waals surface area contributed by atoms with E-state index in [0.29, 0.717) is 18.2 Å². The lowest BCUT2D eigenvalue weighted by molar-refractivity contribution is -0.00864. The number of likely N-dealkylation sites (tertiary alicyclic amines) is 1. The van der Waals surface area contributed by atoms with Crippen molar-refractivity contribution >= 4 is 11.6 Å². The van der Waals surface area contributed by atoms with E-state index >= 15 is 0 Å². The van der Waals surface area contributed by atoms with Gasteiger partial charge in [0.25, 0.3) is 5.91 Å². The Morgan fingerprint density at radius 2 is 1.64 bits per heavy atom. The van der Waals surface area contributed by atoms with Crippen LogP contribution in [-0.2, 0) is 0 Å². The molecule has 180 valence electrons. The molecule has 3 saturated heterocycles. The third-order valence-electron chi connectivity index (χ3n) is 8.27. The molecule has 1 aliphatic carbocycles. The van der Waals surface area contributed by atoms with Crippen LogP contribution in [0.25, 0.3) is 0 Å². The Morgan fingerprint density at radius 1 is 0.909 bits per heavy atom. The first-order valence-corrected chi connectivity index (χ1v) is 13.1. The summed E-state index contributed by atoms with van der Waals surface area (Å²) in [5, 5.41) is 10.7. The first-order chi connectivity index (χ1) is 16.2. The molecule has 0 bridgehead atoms. The molecule has 4 heterocycles. The maximum Gasteiger partial charge on any atom is 0.254 e. The highest BCUT2D eigenvalue weighted by Crippen LogP contribution is 2.38. The molecule has 0 aromatic heterocycles. The van der Waals surface area contributed by atoms with E-state index in [0.717, 1.165) is 69.4 Å². The van der Waals surface area contributed by atoms with Gasteiger partial charge in [-0.05, 0) is 50.6 Å². The summed E-state index contributed by atoms with van der Waals surface area (Å²) in [5.74, 6) is 1.55. The van der Waals surface area contributed by atoms with Gasteiger partial charge in [-0.3, -0.25) is 25.2 Å². The number of nitrogens with zero attached hydrogens (tertiary/aromatic N) is 3. The molecule has 1 amide bonds. The Balaban J connectivity index is 0.990. The molecule has 4 fully saturated rings. The standard InChI is InChI=1S/C25H38N6O2/c32-24(19-7-8-21-22(15-19)33-23(28-21)18-5-2-1-3-6-18)31-16-20(17-31)29-11-13-30(14-12-29)25-26-9-4-10-27-25/h7-8,15,18,20,23,25-28H,1-6,9-14,16-17H2. The summed E-state index contributed by atoms with van der Waals surface area (Å²) >= 11 is 0. The van der Waals surface area contributed by atoms with Crippen molar-refractivity contribution in [1.29, 1.82) is 0 Å². The molecule has 33 heavy (non-hydrogen) atoms. The monoisotopic (exact) mass is 454 g/mol. The predicted molar refractivity (Wildman–Crippen MR) is 128 cm³/mol. The molecule has 1 unspecified atom stereocenters. The molecule has 1 atom stereocenters. The zero-order chi connectivity index (χ0) is 22.2. The van der Waals surface area contributed by atoms with Crippen molar-refractivity contribution < 1.29 is 9.53 Å². The molecule has 3 N–H and O–H groups in total. The second-order valence-electron chi connectivity index (χ2n) is 10.4. The molecular formula is C25H38N6O2. The predicted octanol–water partition coefficient (Wildman–Crippen LogP) is 1.71. The number of hydrogen-bond acceptors (Lipinski definition) is 7. The Morgan fingerprint density at radius 3 is 2.39 bits per heavy atom. The largest absolute Gasteiger partial charge is 0.468 e. The van der Waals surface area contributed by atoms with Crippen LogP contribution in [0, 0.1) is 5.92 Å². The van der Waals surface area contributed by atoms with Gasteiger partial charge in [-0.1, -0.05) is 19.3 Å². The Bertz CT molecular complexity index is 839. The lowest BCUT2D eigenvalue weighted by atomic mass is 9.88. The second-order valence-corrected chi connectivity index (χ2v) is 10.4. The van der Waals surface area contributed by atoms with Gasteiger partial charge in [0.2, 0.25) is 0 Å². The lowest BCUT2D eigenvalue weighted by Crippen LogP contribution is -2.67. The van der Waals surface area contributed by atoms with E-state index < -0.39 is 0 Å². The van der Waals surface area contributed by atoms with Gasteiger partial charge in [0.15, 0.2) is 6.23 Å². The molecule has 1 aromatic carbocycles.